The summed E-state index contributed by atoms with van der Waals surface area (Å²) >= 11 is 1.31. The highest BCUT2D eigenvalue weighted by Gasteiger charge is 2.11. The van der Waals surface area contributed by atoms with Gasteiger partial charge in [-0.05, 0) is 24.3 Å². The number of thiazole rings is 1. The fraction of sp³-hybridized carbons (Fsp3) is 0.0909. The molecule has 16 heavy (non-hydrogen) atoms. The number of aliphatic hydroxyl groups excluding tert-OH is 1. The molecule has 0 radical (unpaired) electrons. The summed E-state index contributed by atoms with van der Waals surface area (Å²) < 4.78 is 12.7. The zero-order valence-electron chi connectivity index (χ0n) is 8.09. The lowest BCUT2D eigenvalue weighted by Gasteiger charge is -1.96. The van der Waals surface area contributed by atoms with Gasteiger partial charge in [0.25, 0.3) is 0 Å². The van der Waals surface area contributed by atoms with Crippen LogP contribution in [0.3, 0.4) is 0 Å². The summed E-state index contributed by atoms with van der Waals surface area (Å²) in [6.45, 7) is 0. The Morgan fingerprint density at radius 1 is 1.38 bits per heavy atom. The first-order chi connectivity index (χ1) is 7.70. The van der Waals surface area contributed by atoms with E-state index in [1.54, 1.807) is 23.6 Å². The van der Waals surface area contributed by atoms with E-state index >= 15 is 0 Å². The number of nitriles is 1. The first-order valence-electron chi connectivity index (χ1n) is 4.50. The van der Waals surface area contributed by atoms with E-state index < -0.39 is 6.10 Å². The van der Waals surface area contributed by atoms with Crippen molar-refractivity contribution in [2.45, 2.75) is 6.10 Å². The van der Waals surface area contributed by atoms with Crippen LogP contribution in [-0.4, -0.2) is 10.1 Å². The predicted molar refractivity (Wildman–Crippen MR) is 58.1 cm³/mol. The molecule has 2 aromatic rings. The number of halogens is 1. The third-order valence-electron chi connectivity index (χ3n) is 2.02. The van der Waals surface area contributed by atoms with E-state index in [-0.39, 0.29) is 5.82 Å². The molecule has 80 valence electrons. The summed E-state index contributed by atoms with van der Waals surface area (Å²) in [5.41, 5.74) is 1.09. The Morgan fingerprint density at radius 2 is 2.06 bits per heavy atom. The molecule has 0 fully saturated rings. The highest BCUT2D eigenvalue weighted by molar-refractivity contribution is 7.13. The van der Waals surface area contributed by atoms with Crippen LogP contribution in [0.5, 0.6) is 0 Å². The molecule has 0 aliphatic rings. The molecule has 0 saturated carbocycles. The average Bonchev–Trinajstić information content (AvgIpc) is 2.78. The monoisotopic (exact) mass is 234 g/mol. The largest absolute Gasteiger partial charge is 0.373 e. The van der Waals surface area contributed by atoms with Crippen LogP contribution in [-0.2, 0) is 0 Å². The van der Waals surface area contributed by atoms with Crippen LogP contribution in [0.25, 0.3) is 10.6 Å². The maximum absolute atomic E-state index is 12.7. The van der Waals surface area contributed by atoms with Gasteiger partial charge in [-0.25, -0.2) is 9.37 Å². The van der Waals surface area contributed by atoms with Gasteiger partial charge in [0.1, 0.15) is 16.9 Å². The maximum Gasteiger partial charge on any atom is 0.183 e. The van der Waals surface area contributed by atoms with E-state index in [2.05, 4.69) is 4.98 Å². The van der Waals surface area contributed by atoms with Crippen LogP contribution in [0.15, 0.2) is 29.6 Å². The van der Waals surface area contributed by atoms with Gasteiger partial charge < -0.3 is 5.11 Å². The van der Waals surface area contributed by atoms with Crippen LogP contribution >= 0.6 is 11.3 Å². The molecule has 1 aromatic heterocycles. The van der Waals surface area contributed by atoms with Gasteiger partial charge >= 0.3 is 0 Å². The van der Waals surface area contributed by atoms with Gasteiger partial charge in [0.15, 0.2) is 6.10 Å². The van der Waals surface area contributed by atoms with Gasteiger partial charge in [-0.15, -0.1) is 11.3 Å². The van der Waals surface area contributed by atoms with Crippen molar-refractivity contribution in [3.63, 3.8) is 0 Å². The summed E-state index contributed by atoms with van der Waals surface area (Å²) in [5, 5.41) is 20.1. The SMILES string of the molecule is N#CC(O)c1csc(-c2ccc(F)cc2)n1. The van der Waals surface area contributed by atoms with Gasteiger partial charge in [0, 0.05) is 10.9 Å². The number of nitrogens with zero attached hydrogens (tertiary/aromatic N) is 2. The van der Waals surface area contributed by atoms with Crippen LogP contribution in [0.2, 0.25) is 0 Å². The minimum Gasteiger partial charge on any atom is -0.373 e. The van der Waals surface area contributed by atoms with Crippen molar-refractivity contribution < 1.29 is 9.50 Å². The molecule has 0 saturated heterocycles. The lowest BCUT2D eigenvalue weighted by molar-refractivity contribution is 0.232. The lowest BCUT2D eigenvalue weighted by Crippen LogP contribution is -1.92. The maximum atomic E-state index is 12.7. The van der Waals surface area contributed by atoms with E-state index in [1.165, 1.54) is 23.5 Å². The summed E-state index contributed by atoms with van der Waals surface area (Å²) in [5.74, 6) is -0.308. The number of hydrogen-bond acceptors (Lipinski definition) is 4. The second-order valence-electron chi connectivity index (χ2n) is 3.12. The lowest BCUT2D eigenvalue weighted by atomic mass is 10.2. The second-order valence-corrected chi connectivity index (χ2v) is 3.97. The molecular weight excluding hydrogens is 227 g/mol. The van der Waals surface area contributed by atoms with Gasteiger partial charge in [0.05, 0.1) is 5.69 Å². The first-order valence-corrected chi connectivity index (χ1v) is 5.37. The first kappa shape index (κ1) is 10.7. The topological polar surface area (TPSA) is 56.9 Å². The minimum absolute atomic E-state index is 0.308. The van der Waals surface area contributed by atoms with E-state index in [4.69, 9.17) is 5.26 Å². The third kappa shape index (κ3) is 2.08. The fourth-order valence-electron chi connectivity index (χ4n) is 1.20. The van der Waals surface area contributed by atoms with Crippen molar-refractivity contribution in [3.05, 3.63) is 41.2 Å². The Balaban J connectivity index is 2.32. The summed E-state index contributed by atoms with van der Waals surface area (Å²) in [4.78, 5) is 4.10. The number of aliphatic hydroxyl groups is 1. The average molecular weight is 234 g/mol. The Bertz CT molecular complexity index is 530. The zero-order valence-corrected chi connectivity index (χ0v) is 8.91. The Labute approximate surface area is 95.4 Å². The smallest absolute Gasteiger partial charge is 0.183 e. The molecule has 1 N–H and O–H groups in total. The summed E-state index contributed by atoms with van der Waals surface area (Å²) in [7, 11) is 0. The van der Waals surface area contributed by atoms with Gasteiger partial charge in [-0.1, -0.05) is 0 Å². The Hall–Kier alpha value is -1.77. The molecule has 1 atom stereocenters. The number of benzene rings is 1. The summed E-state index contributed by atoms with van der Waals surface area (Å²) in [6, 6.07) is 7.60. The normalized spacial score (nSPS) is 12.1. The summed E-state index contributed by atoms with van der Waals surface area (Å²) in [6.07, 6.45) is -1.20. The van der Waals surface area contributed by atoms with Gasteiger partial charge in [-0.2, -0.15) is 5.26 Å². The number of hydrogen-bond donors (Lipinski definition) is 1. The minimum atomic E-state index is -1.20. The molecule has 1 heterocycles. The molecule has 3 nitrogen and oxygen atoms in total. The van der Waals surface area contributed by atoms with Crippen LogP contribution in [0.4, 0.5) is 4.39 Å². The molecule has 0 aliphatic heterocycles. The second kappa shape index (κ2) is 4.39. The number of aromatic nitrogens is 1. The fourth-order valence-corrected chi connectivity index (χ4v) is 2.05. The van der Waals surface area contributed by atoms with E-state index in [0.717, 1.165) is 5.56 Å². The molecule has 0 amide bonds. The standard InChI is InChI=1S/C11H7FN2OS/c12-8-3-1-7(2-4-8)11-14-9(6-16-11)10(15)5-13/h1-4,6,10,15H. The van der Waals surface area contributed by atoms with Crippen LogP contribution in [0.1, 0.15) is 11.8 Å². The van der Waals surface area contributed by atoms with Crippen LogP contribution < -0.4 is 0 Å². The number of rotatable bonds is 2. The molecular formula is C11H7FN2OS. The predicted octanol–water partition coefficient (Wildman–Crippen LogP) is 2.51. The molecule has 1 aromatic carbocycles. The molecule has 0 spiro atoms. The molecule has 1 unspecified atom stereocenters. The quantitative estimate of drug-likeness (QED) is 0.812. The van der Waals surface area contributed by atoms with Crippen molar-refractivity contribution in [1.82, 2.24) is 4.98 Å². The van der Waals surface area contributed by atoms with E-state index in [1.807, 2.05) is 0 Å². The highest BCUT2D eigenvalue weighted by atomic mass is 32.1. The van der Waals surface area contributed by atoms with Crippen molar-refractivity contribution in [1.29, 1.82) is 5.26 Å². The van der Waals surface area contributed by atoms with Crippen LogP contribution in [0, 0.1) is 17.1 Å². The molecule has 0 aliphatic carbocycles. The molecule has 5 heteroatoms. The van der Waals surface area contributed by atoms with Crippen molar-refractivity contribution in [2.24, 2.45) is 0 Å². The van der Waals surface area contributed by atoms with E-state index in [9.17, 15) is 9.50 Å². The highest BCUT2D eigenvalue weighted by Crippen LogP contribution is 2.26. The van der Waals surface area contributed by atoms with Gasteiger partial charge in [0.2, 0.25) is 0 Å². The third-order valence-corrected chi connectivity index (χ3v) is 2.93. The molecule has 2 rings (SSSR count). The van der Waals surface area contributed by atoms with Gasteiger partial charge in [-0.3, -0.25) is 0 Å². The van der Waals surface area contributed by atoms with E-state index in [0.29, 0.717) is 10.7 Å². The van der Waals surface area contributed by atoms with Crippen molar-refractivity contribution >= 4 is 11.3 Å². The van der Waals surface area contributed by atoms with Crippen molar-refractivity contribution in [3.8, 4) is 16.6 Å². The molecule has 0 bridgehead atoms. The zero-order chi connectivity index (χ0) is 11.5. The van der Waals surface area contributed by atoms with Crippen molar-refractivity contribution in [2.75, 3.05) is 0 Å². The Morgan fingerprint density at radius 3 is 2.69 bits per heavy atom. The Kier molecular flexibility index (Phi) is 2.95.